The maximum atomic E-state index is 12.9. The van der Waals surface area contributed by atoms with Crippen LogP contribution in [0.1, 0.15) is 47.8 Å². The van der Waals surface area contributed by atoms with Crippen LogP contribution in [0.25, 0.3) is 0 Å². The van der Waals surface area contributed by atoms with Crippen LogP contribution in [0.15, 0.2) is 42.9 Å². The van der Waals surface area contributed by atoms with Crippen LogP contribution in [0.4, 0.5) is 5.69 Å². The summed E-state index contributed by atoms with van der Waals surface area (Å²) in [5.41, 5.74) is 2.86. The molecular formula is C19H22N4O. The van der Waals surface area contributed by atoms with Crippen LogP contribution in [0, 0.1) is 0 Å². The van der Waals surface area contributed by atoms with Gasteiger partial charge in [0.2, 0.25) is 0 Å². The molecule has 2 saturated heterocycles. The Morgan fingerprint density at radius 3 is 2.50 bits per heavy atom. The molecule has 4 rings (SSSR count). The van der Waals surface area contributed by atoms with Crippen LogP contribution in [0.5, 0.6) is 0 Å². The number of rotatable bonds is 3. The number of carbonyl (C=O) groups excluding carboxylic acids is 1. The zero-order valence-corrected chi connectivity index (χ0v) is 13.8. The number of anilines is 1. The van der Waals surface area contributed by atoms with Gasteiger partial charge in [0.1, 0.15) is 0 Å². The highest BCUT2D eigenvalue weighted by Crippen LogP contribution is 2.32. The first-order valence-electron chi connectivity index (χ1n) is 8.75. The van der Waals surface area contributed by atoms with Crippen LogP contribution >= 0.6 is 0 Å². The summed E-state index contributed by atoms with van der Waals surface area (Å²) in [5.74, 6) is 0.0936. The van der Waals surface area contributed by atoms with E-state index in [4.69, 9.17) is 0 Å². The summed E-state index contributed by atoms with van der Waals surface area (Å²) in [6, 6.07) is 8.12. The van der Waals surface area contributed by atoms with Crippen molar-refractivity contribution in [3.63, 3.8) is 0 Å². The van der Waals surface area contributed by atoms with Gasteiger partial charge in [0, 0.05) is 43.3 Å². The molecule has 0 spiro atoms. The molecule has 2 aliphatic heterocycles. The van der Waals surface area contributed by atoms with E-state index in [1.807, 2.05) is 17.0 Å². The second kappa shape index (κ2) is 6.59. The number of hydrogen-bond donors (Lipinski definition) is 0. The SMILES string of the molecule is O=C(c1ccc(N2CCCC2)cc1)N1CCCC1c1cnccn1. The summed E-state index contributed by atoms with van der Waals surface area (Å²) in [5, 5.41) is 0. The van der Waals surface area contributed by atoms with E-state index < -0.39 is 0 Å². The topological polar surface area (TPSA) is 49.3 Å². The Morgan fingerprint density at radius 2 is 1.79 bits per heavy atom. The molecule has 5 nitrogen and oxygen atoms in total. The third kappa shape index (κ3) is 2.86. The maximum Gasteiger partial charge on any atom is 0.254 e. The lowest BCUT2D eigenvalue weighted by Crippen LogP contribution is -2.31. The first-order valence-corrected chi connectivity index (χ1v) is 8.75. The van der Waals surface area contributed by atoms with E-state index in [2.05, 4.69) is 27.0 Å². The zero-order chi connectivity index (χ0) is 16.4. The van der Waals surface area contributed by atoms with Gasteiger partial charge in [-0.3, -0.25) is 14.8 Å². The number of benzene rings is 1. The van der Waals surface area contributed by atoms with Gasteiger partial charge in [0.15, 0.2) is 0 Å². The second-order valence-electron chi connectivity index (χ2n) is 6.53. The second-order valence-corrected chi connectivity index (χ2v) is 6.53. The Balaban J connectivity index is 1.52. The van der Waals surface area contributed by atoms with E-state index in [-0.39, 0.29) is 11.9 Å². The highest BCUT2D eigenvalue weighted by Gasteiger charge is 2.31. The molecule has 2 aromatic rings. The molecule has 0 bridgehead atoms. The molecule has 0 saturated carbocycles. The van der Waals surface area contributed by atoms with E-state index in [1.54, 1.807) is 18.6 Å². The largest absolute Gasteiger partial charge is 0.372 e. The summed E-state index contributed by atoms with van der Waals surface area (Å²) in [6.45, 7) is 3.02. The molecule has 24 heavy (non-hydrogen) atoms. The minimum atomic E-state index is 0.0458. The van der Waals surface area contributed by atoms with E-state index in [9.17, 15) is 4.79 Å². The van der Waals surface area contributed by atoms with Gasteiger partial charge in [-0.1, -0.05) is 0 Å². The fourth-order valence-electron chi connectivity index (χ4n) is 3.76. The predicted molar refractivity (Wildman–Crippen MR) is 92.9 cm³/mol. The van der Waals surface area contributed by atoms with Gasteiger partial charge in [-0.25, -0.2) is 0 Å². The minimum Gasteiger partial charge on any atom is -0.372 e. The molecule has 0 radical (unpaired) electrons. The third-order valence-electron chi connectivity index (χ3n) is 5.02. The lowest BCUT2D eigenvalue weighted by Gasteiger charge is -2.24. The number of aromatic nitrogens is 2. The van der Waals surface area contributed by atoms with Gasteiger partial charge in [-0.15, -0.1) is 0 Å². The molecule has 2 fully saturated rings. The summed E-state index contributed by atoms with van der Waals surface area (Å²) in [4.78, 5) is 25.8. The van der Waals surface area contributed by atoms with Crippen molar-refractivity contribution in [3.05, 3.63) is 54.1 Å². The van der Waals surface area contributed by atoms with Crippen molar-refractivity contribution < 1.29 is 4.79 Å². The van der Waals surface area contributed by atoms with Gasteiger partial charge in [0.05, 0.1) is 17.9 Å². The van der Waals surface area contributed by atoms with Gasteiger partial charge in [-0.2, -0.15) is 0 Å². The number of nitrogens with zero attached hydrogens (tertiary/aromatic N) is 4. The Bertz CT molecular complexity index is 695. The monoisotopic (exact) mass is 322 g/mol. The number of likely N-dealkylation sites (tertiary alicyclic amines) is 1. The first kappa shape index (κ1) is 15.1. The molecule has 2 aliphatic rings. The van der Waals surface area contributed by atoms with E-state index in [1.165, 1.54) is 18.5 Å². The fraction of sp³-hybridized carbons (Fsp3) is 0.421. The predicted octanol–water partition coefficient (Wildman–Crippen LogP) is 3.05. The molecule has 0 N–H and O–H groups in total. The summed E-state index contributed by atoms with van der Waals surface area (Å²) >= 11 is 0. The molecule has 1 aromatic heterocycles. The Hall–Kier alpha value is -2.43. The van der Waals surface area contributed by atoms with E-state index >= 15 is 0 Å². The quantitative estimate of drug-likeness (QED) is 0.871. The average molecular weight is 322 g/mol. The van der Waals surface area contributed by atoms with Crippen LogP contribution in [-0.4, -0.2) is 40.4 Å². The Morgan fingerprint density at radius 1 is 1.00 bits per heavy atom. The summed E-state index contributed by atoms with van der Waals surface area (Å²) in [6.07, 6.45) is 9.62. The Kier molecular flexibility index (Phi) is 4.15. The lowest BCUT2D eigenvalue weighted by molar-refractivity contribution is 0.0732. The minimum absolute atomic E-state index is 0.0458. The smallest absolute Gasteiger partial charge is 0.254 e. The Labute approximate surface area is 142 Å². The lowest BCUT2D eigenvalue weighted by atomic mass is 10.1. The van der Waals surface area contributed by atoms with Crippen molar-refractivity contribution in [2.45, 2.75) is 31.7 Å². The molecule has 1 amide bonds. The molecule has 1 unspecified atom stereocenters. The molecule has 5 heteroatoms. The summed E-state index contributed by atoms with van der Waals surface area (Å²) < 4.78 is 0. The van der Waals surface area contributed by atoms with Crippen LogP contribution < -0.4 is 4.90 Å². The van der Waals surface area contributed by atoms with Crippen molar-refractivity contribution in [3.8, 4) is 0 Å². The average Bonchev–Trinajstić information content (AvgIpc) is 3.34. The summed E-state index contributed by atoms with van der Waals surface area (Å²) in [7, 11) is 0. The normalized spacial score (nSPS) is 20.6. The first-order chi connectivity index (χ1) is 11.8. The van der Waals surface area contributed by atoms with Crippen molar-refractivity contribution in [2.24, 2.45) is 0 Å². The van der Waals surface area contributed by atoms with Gasteiger partial charge in [0.25, 0.3) is 5.91 Å². The fourth-order valence-corrected chi connectivity index (χ4v) is 3.76. The van der Waals surface area contributed by atoms with Crippen LogP contribution in [-0.2, 0) is 0 Å². The number of carbonyl (C=O) groups is 1. The molecular weight excluding hydrogens is 300 g/mol. The van der Waals surface area contributed by atoms with Crippen LogP contribution in [0.2, 0.25) is 0 Å². The van der Waals surface area contributed by atoms with Gasteiger partial charge in [-0.05, 0) is 49.9 Å². The highest BCUT2D eigenvalue weighted by molar-refractivity contribution is 5.95. The number of amides is 1. The van der Waals surface area contributed by atoms with Gasteiger partial charge < -0.3 is 9.80 Å². The van der Waals surface area contributed by atoms with Crippen molar-refractivity contribution in [1.82, 2.24) is 14.9 Å². The molecule has 1 atom stereocenters. The zero-order valence-electron chi connectivity index (χ0n) is 13.8. The van der Waals surface area contributed by atoms with Crippen LogP contribution in [0.3, 0.4) is 0 Å². The molecule has 3 heterocycles. The third-order valence-corrected chi connectivity index (χ3v) is 5.02. The van der Waals surface area contributed by atoms with Crippen molar-refractivity contribution in [2.75, 3.05) is 24.5 Å². The highest BCUT2D eigenvalue weighted by atomic mass is 16.2. The molecule has 0 aliphatic carbocycles. The number of hydrogen-bond acceptors (Lipinski definition) is 4. The maximum absolute atomic E-state index is 12.9. The standard InChI is InChI=1S/C19H22N4O/c24-19(15-5-7-16(8-6-15)22-11-1-2-12-22)23-13-3-4-18(23)17-14-20-9-10-21-17/h5-10,14,18H,1-4,11-13H2. The van der Waals surface area contributed by atoms with E-state index in [0.29, 0.717) is 0 Å². The van der Waals surface area contributed by atoms with Crippen molar-refractivity contribution >= 4 is 11.6 Å². The molecule has 124 valence electrons. The van der Waals surface area contributed by atoms with E-state index in [0.717, 1.165) is 43.7 Å². The van der Waals surface area contributed by atoms with Gasteiger partial charge >= 0.3 is 0 Å². The molecule has 1 aromatic carbocycles. The van der Waals surface area contributed by atoms with Crippen molar-refractivity contribution in [1.29, 1.82) is 0 Å².